The van der Waals surface area contributed by atoms with E-state index < -0.39 is 0 Å². The van der Waals surface area contributed by atoms with Crippen LogP contribution in [0.4, 0.5) is 0 Å². The minimum Gasteiger partial charge on any atom is -0.493 e. The molecular weight excluding hydrogens is 348 g/mol. The third-order valence-electron chi connectivity index (χ3n) is 4.64. The summed E-state index contributed by atoms with van der Waals surface area (Å²) in [5.74, 6) is 3.43. The Morgan fingerprint density at radius 1 is 1.19 bits per heavy atom. The third-order valence-corrected chi connectivity index (χ3v) is 5.64. The van der Waals surface area contributed by atoms with Gasteiger partial charge in [0.15, 0.2) is 11.5 Å². The van der Waals surface area contributed by atoms with Crippen molar-refractivity contribution in [3.05, 3.63) is 18.2 Å². The first kappa shape index (κ1) is 20.9. The number of nitrogens with zero attached hydrogens (tertiary/aromatic N) is 1. The molecule has 0 unspecified atom stereocenters. The molecule has 1 aromatic carbocycles. The Bertz CT molecular complexity index is 572. The first-order chi connectivity index (χ1) is 12.5. The summed E-state index contributed by atoms with van der Waals surface area (Å²) in [6, 6.07) is 5.70. The van der Waals surface area contributed by atoms with Gasteiger partial charge < -0.3 is 19.7 Å². The molecule has 6 heteroatoms. The summed E-state index contributed by atoms with van der Waals surface area (Å²) < 4.78 is 10.5. The van der Waals surface area contributed by atoms with Crippen molar-refractivity contribution in [2.45, 2.75) is 31.6 Å². The number of amides is 1. The van der Waals surface area contributed by atoms with Crippen LogP contribution < -0.4 is 14.8 Å². The van der Waals surface area contributed by atoms with Crippen molar-refractivity contribution in [3.63, 3.8) is 0 Å². The summed E-state index contributed by atoms with van der Waals surface area (Å²) >= 11 is 1.51. The van der Waals surface area contributed by atoms with Crippen LogP contribution in [0.2, 0.25) is 0 Å². The number of hydrogen-bond acceptors (Lipinski definition) is 5. The molecule has 0 spiro atoms. The summed E-state index contributed by atoms with van der Waals surface area (Å²) in [7, 11) is 3.23. The maximum absolute atomic E-state index is 12.0. The molecule has 1 N–H and O–H groups in total. The first-order valence-electron chi connectivity index (χ1n) is 9.35. The van der Waals surface area contributed by atoms with E-state index in [4.69, 9.17) is 9.47 Å². The van der Waals surface area contributed by atoms with Crippen molar-refractivity contribution in [1.82, 2.24) is 10.2 Å². The largest absolute Gasteiger partial charge is 0.493 e. The number of hydrogen-bond donors (Lipinski definition) is 1. The van der Waals surface area contributed by atoms with Gasteiger partial charge in [-0.3, -0.25) is 4.79 Å². The first-order valence-corrected chi connectivity index (χ1v) is 10.3. The van der Waals surface area contributed by atoms with Gasteiger partial charge in [-0.1, -0.05) is 13.8 Å². The van der Waals surface area contributed by atoms with Gasteiger partial charge in [0.25, 0.3) is 0 Å². The quantitative estimate of drug-likeness (QED) is 0.526. The minimum atomic E-state index is 0.0742. The lowest BCUT2D eigenvalue weighted by molar-refractivity contribution is -0.118. The SMILES string of the molecule is COc1ccc(SCC(=O)NCCCN2C[C@H](C)C[C@@H](C)C2)cc1OC. The Labute approximate surface area is 161 Å². The topological polar surface area (TPSA) is 50.8 Å². The molecular formula is C20H32N2O3S. The second kappa shape index (κ2) is 10.7. The number of carbonyl (C=O) groups excluding carboxylic acids is 1. The Morgan fingerprint density at radius 2 is 1.88 bits per heavy atom. The molecule has 1 saturated heterocycles. The van der Waals surface area contributed by atoms with Gasteiger partial charge in [-0.2, -0.15) is 0 Å². The fraction of sp³-hybridized carbons (Fsp3) is 0.650. The lowest BCUT2D eigenvalue weighted by atomic mass is 9.92. The summed E-state index contributed by atoms with van der Waals surface area (Å²) in [4.78, 5) is 15.6. The van der Waals surface area contributed by atoms with Crippen molar-refractivity contribution in [3.8, 4) is 11.5 Å². The highest BCUT2D eigenvalue weighted by atomic mass is 32.2. The highest BCUT2D eigenvalue weighted by molar-refractivity contribution is 8.00. The molecule has 1 aliphatic rings. The van der Waals surface area contributed by atoms with Crippen LogP contribution in [0, 0.1) is 11.8 Å². The predicted octanol–water partition coefficient (Wildman–Crippen LogP) is 3.28. The monoisotopic (exact) mass is 380 g/mol. The standard InChI is InChI=1S/C20H32N2O3S/c1-15-10-16(2)13-22(12-15)9-5-8-21-20(23)14-26-17-6-7-18(24-3)19(11-17)25-4/h6-7,11,15-16H,5,8-10,12-14H2,1-4H3,(H,21,23)/t15-,16-/m1/s1. The normalized spacial score (nSPS) is 20.6. The second-order valence-electron chi connectivity index (χ2n) is 7.21. The molecule has 0 aliphatic carbocycles. The van der Waals surface area contributed by atoms with Crippen LogP contribution >= 0.6 is 11.8 Å². The zero-order valence-electron chi connectivity index (χ0n) is 16.4. The van der Waals surface area contributed by atoms with Crippen LogP contribution in [0.3, 0.4) is 0 Å². The Hall–Kier alpha value is -1.40. The molecule has 2 atom stereocenters. The van der Waals surface area contributed by atoms with Gasteiger partial charge in [-0.05, 0) is 49.4 Å². The van der Waals surface area contributed by atoms with Gasteiger partial charge in [0.05, 0.1) is 20.0 Å². The van der Waals surface area contributed by atoms with Crippen molar-refractivity contribution in [2.75, 3.05) is 46.2 Å². The summed E-state index contributed by atoms with van der Waals surface area (Å²) in [6.45, 7) is 8.84. The van der Waals surface area contributed by atoms with E-state index in [0.717, 1.165) is 36.2 Å². The molecule has 0 saturated carbocycles. The Balaban J connectivity index is 1.65. The van der Waals surface area contributed by atoms with E-state index >= 15 is 0 Å². The molecule has 0 aromatic heterocycles. The number of ether oxygens (including phenoxy) is 2. The maximum atomic E-state index is 12.0. The van der Waals surface area contributed by atoms with Gasteiger partial charge in [0.1, 0.15) is 0 Å². The smallest absolute Gasteiger partial charge is 0.230 e. The number of benzene rings is 1. The van der Waals surface area contributed by atoms with Crippen molar-refractivity contribution >= 4 is 17.7 Å². The second-order valence-corrected chi connectivity index (χ2v) is 8.26. The summed E-state index contributed by atoms with van der Waals surface area (Å²) in [6.07, 6.45) is 2.34. The van der Waals surface area contributed by atoms with Gasteiger partial charge >= 0.3 is 0 Å². The van der Waals surface area contributed by atoms with E-state index in [2.05, 4.69) is 24.1 Å². The number of nitrogens with one attached hydrogen (secondary N) is 1. The summed E-state index contributed by atoms with van der Waals surface area (Å²) in [5, 5.41) is 3.02. The minimum absolute atomic E-state index is 0.0742. The maximum Gasteiger partial charge on any atom is 0.230 e. The highest BCUT2D eigenvalue weighted by Gasteiger charge is 2.21. The van der Waals surface area contributed by atoms with E-state index in [0.29, 0.717) is 17.3 Å². The fourth-order valence-corrected chi connectivity index (χ4v) is 4.37. The number of likely N-dealkylation sites (tertiary alicyclic amines) is 1. The number of methoxy groups -OCH3 is 2. The van der Waals surface area contributed by atoms with Crippen LogP contribution in [0.15, 0.2) is 23.1 Å². The van der Waals surface area contributed by atoms with Crippen LogP contribution in [0.1, 0.15) is 26.7 Å². The molecule has 0 radical (unpaired) electrons. The van der Waals surface area contributed by atoms with Crippen molar-refractivity contribution in [2.24, 2.45) is 11.8 Å². The van der Waals surface area contributed by atoms with E-state index in [-0.39, 0.29) is 5.91 Å². The van der Waals surface area contributed by atoms with Gasteiger partial charge in [-0.25, -0.2) is 0 Å². The predicted molar refractivity (Wildman–Crippen MR) is 107 cm³/mol. The van der Waals surface area contributed by atoms with Gasteiger partial charge in [0.2, 0.25) is 5.91 Å². The Morgan fingerprint density at radius 3 is 2.54 bits per heavy atom. The van der Waals surface area contributed by atoms with Crippen molar-refractivity contribution < 1.29 is 14.3 Å². The highest BCUT2D eigenvalue weighted by Crippen LogP contribution is 2.31. The zero-order chi connectivity index (χ0) is 18.9. The van der Waals surface area contributed by atoms with Gasteiger partial charge in [-0.15, -0.1) is 11.8 Å². The Kier molecular flexibility index (Phi) is 8.59. The van der Waals surface area contributed by atoms with E-state index in [1.165, 1.54) is 31.3 Å². The van der Waals surface area contributed by atoms with Crippen molar-refractivity contribution in [1.29, 1.82) is 0 Å². The van der Waals surface area contributed by atoms with E-state index in [1.54, 1.807) is 14.2 Å². The van der Waals surface area contributed by atoms with E-state index in [1.807, 2.05) is 18.2 Å². The molecule has 5 nitrogen and oxygen atoms in total. The van der Waals surface area contributed by atoms with Crippen LogP contribution in [0.5, 0.6) is 11.5 Å². The molecule has 2 rings (SSSR count). The third kappa shape index (κ3) is 6.72. The number of thioether (sulfide) groups is 1. The zero-order valence-corrected chi connectivity index (χ0v) is 17.2. The molecule has 146 valence electrons. The average molecular weight is 381 g/mol. The molecule has 0 bridgehead atoms. The lowest BCUT2D eigenvalue weighted by Crippen LogP contribution is -2.40. The number of rotatable bonds is 9. The van der Waals surface area contributed by atoms with Crippen LogP contribution in [-0.4, -0.2) is 57.0 Å². The molecule has 1 aliphatic heterocycles. The van der Waals surface area contributed by atoms with E-state index in [9.17, 15) is 4.79 Å². The van der Waals surface area contributed by atoms with Crippen LogP contribution in [-0.2, 0) is 4.79 Å². The van der Waals surface area contributed by atoms with Crippen LogP contribution in [0.25, 0.3) is 0 Å². The molecule has 1 aromatic rings. The fourth-order valence-electron chi connectivity index (χ4n) is 3.61. The number of piperidine rings is 1. The number of carbonyl (C=O) groups is 1. The average Bonchev–Trinajstić information content (AvgIpc) is 2.62. The molecule has 26 heavy (non-hydrogen) atoms. The lowest BCUT2D eigenvalue weighted by Gasteiger charge is -2.34. The summed E-state index contributed by atoms with van der Waals surface area (Å²) in [5.41, 5.74) is 0. The molecule has 1 fully saturated rings. The van der Waals surface area contributed by atoms with Gasteiger partial charge in [0, 0.05) is 24.5 Å². The molecule has 1 amide bonds. The molecule has 1 heterocycles.